The van der Waals surface area contributed by atoms with Crippen molar-refractivity contribution in [1.82, 2.24) is 14.8 Å². The number of fused-ring (bicyclic) bond motifs is 1. The molecule has 128 valence electrons. The Morgan fingerprint density at radius 1 is 1.04 bits per heavy atom. The second-order valence-corrected chi connectivity index (χ2v) is 7.21. The first-order chi connectivity index (χ1) is 12.6. The van der Waals surface area contributed by atoms with Gasteiger partial charge in [0.1, 0.15) is 11.2 Å². The standard InChI is InChI=1S/C20H13BrClN3O/c21-15-9-14(10-16(22)11-15)18-17-7-4-8-23-19(17)20(26)25(24-18)12-13-5-2-1-3-6-13/h1-11H,12H2. The van der Waals surface area contributed by atoms with E-state index in [1.165, 1.54) is 4.68 Å². The van der Waals surface area contributed by atoms with Gasteiger partial charge in [-0.25, -0.2) is 4.68 Å². The zero-order valence-corrected chi connectivity index (χ0v) is 15.9. The maximum Gasteiger partial charge on any atom is 0.293 e. The molecule has 4 rings (SSSR count). The third-order valence-electron chi connectivity index (χ3n) is 4.03. The molecule has 0 radical (unpaired) electrons. The minimum absolute atomic E-state index is 0.214. The van der Waals surface area contributed by atoms with Crippen molar-refractivity contribution in [2.24, 2.45) is 0 Å². The van der Waals surface area contributed by atoms with E-state index in [2.05, 4.69) is 26.0 Å². The van der Waals surface area contributed by atoms with E-state index in [4.69, 9.17) is 11.6 Å². The van der Waals surface area contributed by atoms with E-state index in [9.17, 15) is 4.79 Å². The number of benzene rings is 2. The van der Waals surface area contributed by atoms with Gasteiger partial charge in [0, 0.05) is 26.6 Å². The molecule has 0 unspecified atom stereocenters. The molecule has 2 heterocycles. The van der Waals surface area contributed by atoms with Gasteiger partial charge in [-0.2, -0.15) is 5.10 Å². The van der Waals surface area contributed by atoms with Crippen molar-refractivity contribution in [3.05, 3.63) is 92.3 Å². The summed E-state index contributed by atoms with van der Waals surface area (Å²) in [5.41, 5.74) is 2.67. The summed E-state index contributed by atoms with van der Waals surface area (Å²) in [6.07, 6.45) is 1.62. The SMILES string of the molecule is O=c1c2ncccc2c(-c2cc(Cl)cc(Br)c2)nn1Cc1ccccc1. The number of rotatable bonds is 3. The van der Waals surface area contributed by atoms with E-state index in [1.807, 2.05) is 54.6 Å². The van der Waals surface area contributed by atoms with Gasteiger partial charge in [-0.3, -0.25) is 9.78 Å². The molecule has 26 heavy (non-hydrogen) atoms. The van der Waals surface area contributed by atoms with E-state index in [0.29, 0.717) is 28.2 Å². The Hall–Kier alpha value is -2.50. The third-order valence-corrected chi connectivity index (χ3v) is 4.71. The van der Waals surface area contributed by atoms with Gasteiger partial charge in [0.2, 0.25) is 0 Å². The van der Waals surface area contributed by atoms with Crippen LogP contribution in [-0.2, 0) is 6.54 Å². The van der Waals surface area contributed by atoms with Crippen LogP contribution in [0.5, 0.6) is 0 Å². The molecule has 4 nitrogen and oxygen atoms in total. The molecule has 0 spiro atoms. The normalized spacial score (nSPS) is 11.0. The molecule has 0 saturated carbocycles. The lowest BCUT2D eigenvalue weighted by molar-refractivity contribution is 0.649. The lowest BCUT2D eigenvalue weighted by atomic mass is 10.1. The average molecular weight is 427 g/mol. The topological polar surface area (TPSA) is 47.8 Å². The molecule has 2 aromatic carbocycles. The second-order valence-electron chi connectivity index (χ2n) is 5.85. The van der Waals surface area contributed by atoms with Gasteiger partial charge < -0.3 is 0 Å². The van der Waals surface area contributed by atoms with Crippen LogP contribution in [-0.4, -0.2) is 14.8 Å². The molecule has 0 aliphatic heterocycles. The molecule has 0 atom stereocenters. The largest absolute Gasteiger partial charge is 0.293 e. The molecule has 0 N–H and O–H groups in total. The predicted molar refractivity (Wildman–Crippen MR) is 107 cm³/mol. The highest BCUT2D eigenvalue weighted by atomic mass is 79.9. The summed E-state index contributed by atoms with van der Waals surface area (Å²) >= 11 is 9.67. The fourth-order valence-electron chi connectivity index (χ4n) is 2.88. The number of hydrogen-bond acceptors (Lipinski definition) is 3. The zero-order valence-electron chi connectivity index (χ0n) is 13.6. The quantitative estimate of drug-likeness (QED) is 0.467. The van der Waals surface area contributed by atoms with Crippen LogP contribution in [0.15, 0.2) is 76.1 Å². The summed E-state index contributed by atoms with van der Waals surface area (Å²) < 4.78 is 2.30. The molecule has 4 aromatic rings. The Morgan fingerprint density at radius 3 is 2.62 bits per heavy atom. The van der Waals surface area contributed by atoms with Crippen molar-refractivity contribution in [2.75, 3.05) is 0 Å². The van der Waals surface area contributed by atoms with Gasteiger partial charge in [-0.1, -0.05) is 57.9 Å². The summed E-state index contributed by atoms with van der Waals surface area (Å²) in [6, 6.07) is 19.0. The van der Waals surface area contributed by atoms with E-state index in [1.54, 1.807) is 12.3 Å². The van der Waals surface area contributed by atoms with Crippen molar-refractivity contribution in [3.63, 3.8) is 0 Å². The molecule has 0 aliphatic carbocycles. The van der Waals surface area contributed by atoms with Gasteiger partial charge in [-0.05, 0) is 35.9 Å². The lowest BCUT2D eigenvalue weighted by Gasteiger charge is -2.11. The molecule has 0 amide bonds. The smallest absolute Gasteiger partial charge is 0.265 e. The van der Waals surface area contributed by atoms with Crippen LogP contribution < -0.4 is 5.56 Å². The molecular formula is C20H13BrClN3O. The van der Waals surface area contributed by atoms with Crippen molar-refractivity contribution in [3.8, 4) is 11.3 Å². The third kappa shape index (κ3) is 3.28. The minimum Gasteiger partial charge on any atom is -0.265 e. The monoisotopic (exact) mass is 425 g/mol. The first kappa shape index (κ1) is 16.9. The summed E-state index contributed by atoms with van der Waals surface area (Å²) in [5, 5.41) is 5.93. The highest BCUT2D eigenvalue weighted by Gasteiger charge is 2.14. The van der Waals surface area contributed by atoms with Crippen LogP contribution in [0.3, 0.4) is 0 Å². The molecule has 0 bridgehead atoms. The summed E-state index contributed by atoms with van der Waals surface area (Å²) in [7, 11) is 0. The minimum atomic E-state index is -0.214. The van der Waals surface area contributed by atoms with Crippen LogP contribution >= 0.6 is 27.5 Å². The summed E-state index contributed by atoms with van der Waals surface area (Å²) in [4.78, 5) is 17.1. The highest BCUT2D eigenvalue weighted by molar-refractivity contribution is 9.10. The zero-order chi connectivity index (χ0) is 18.1. The van der Waals surface area contributed by atoms with E-state index in [0.717, 1.165) is 15.6 Å². The van der Waals surface area contributed by atoms with E-state index in [-0.39, 0.29) is 5.56 Å². The Morgan fingerprint density at radius 2 is 1.85 bits per heavy atom. The van der Waals surface area contributed by atoms with Crippen molar-refractivity contribution in [1.29, 1.82) is 0 Å². The number of nitrogens with zero attached hydrogens (tertiary/aromatic N) is 3. The second kappa shape index (κ2) is 7.02. The first-order valence-corrected chi connectivity index (χ1v) is 9.15. The molecular weight excluding hydrogens is 414 g/mol. The lowest BCUT2D eigenvalue weighted by Crippen LogP contribution is -2.25. The van der Waals surface area contributed by atoms with Crippen LogP contribution in [0.25, 0.3) is 22.2 Å². The fourth-order valence-corrected chi connectivity index (χ4v) is 3.74. The maximum atomic E-state index is 12.9. The Labute approximate surface area is 163 Å². The van der Waals surface area contributed by atoms with Crippen LogP contribution in [0.1, 0.15) is 5.56 Å². The van der Waals surface area contributed by atoms with Crippen LogP contribution in [0, 0.1) is 0 Å². The number of halogens is 2. The number of pyridine rings is 1. The van der Waals surface area contributed by atoms with Crippen molar-refractivity contribution >= 4 is 38.4 Å². The molecule has 0 fully saturated rings. The predicted octanol–water partition coefficient (Wildman–Crippen LogP) is 4.92. The molecule has 0 saturated heterocycles. The summed E-state index contributed by atoms with van der Waals surface area (Å²) in [5.74, 6) is 0. The molecule has 2 aromatic heterocycles. The fraction of sp³-hybridized carbons (Fsp3) is 0.0500. The van der Waals surface area contributed by atoms with E-state index < -0.39 is 0 Å². The van der Waals surface area contributed by atoms with Gasteiger partial charge in [0.05, 0.1) is 6.54 Å². The number of hydrogen-bond donors (Lipinski definition) is 0. The van der Waals surface area contributed by atoms with Crippen molar-refractivity contribution in [2.45, 2.75) is 6.54 Å². The summed E-state index contributed by atoms with van der Waals surface area (Å²) in [6.45, 7) is 0.376. The van der Waals surface area contributed by atoms with E-state index >= 15 is 0 Å². The van der Waals surface area contributed by atoms with Crippen molar-refractivity contribution < 1.29 is 0 Å². The number of aromatic nitrogens is 3. The van der Waals surface area contributed by atoms with Gasteiger partial charge >= 0.3 is 0 Å². The highest BCUT2D eigenvalue weighted by Crippen LogP contribution is 2.29. The molecule has 6 heteroatoms. The van der Waals surface area contributed by atoms with Crippen LogP contribution in [0.4, 0.5) is 0 Å². The Balaban J connectivity index is 1.97. The van der Waals surface area contributed by atoms with Gasteiger partial charge in [0.15, 0.2) is 0 Å². The maximum absolute atomic E-state index is 12.9. The molecule has 0 aliphatic rings. The first-order valence-electron chi connectivity index (χ1n) is 7.98. The Bertz CT molecular complexity index is 1140. The van der Waals surface area contributed by atoms with Crippen LogP contribution in [0.2, 0.25) is 5.02 Å². The Kier molecular flexibility index (Phi) is 4.57. The van der Waals surface area contributed by atoms with Gasteiger partial charge in [0.25, 0.3) is 5.56 Å². The average Bonchev–Trinajstić information content (AvgIpc) is 2.64. The van der Waals surface area contributed by atoms with Gasteiger partial charge in [-0.15, -0.1) is 0 Å².